The smallest absolute Gasteiger partial charge is 0.325 e. The molecular weight excluding hydrogens is 481 g/mol. The molecule has 2 saturated heterocycles. The number of rotatable bonds is 8. The van der Waals surface area contributed by atoms with Crippen molar-refractivity contribution >= 4 is 20.4 Å². The van der Waals surface area contributed by atoms with Crippen molar-refractivity contribution in [2.75, 3.05) is 24.4 Å². The maximum atomic E-state index is 6.64. The van der Waals surface area contributed by atoms with Crippen LogP contribution < -0.4 is 4.67 Å². The summed E-state index contributed by atoms with van der Waals surface area (Å²) in [7, 11) is -0.750. The van der Waals surface area contributed by atoms with Crippen LogP contribution in [0.1, 0.15) is 33.1 Å². The molecule has 4 fully saturated rings. The first-order valence-corrected chi connectivity index (χ1v) is 13.4. The first-order chi connectivity index (χ1) is 16.3. The minimum absolute atomic E-state index is 0. The molecule has 0 N–H and O–H groups in total. The largest absolute Gasteiger partial charge is 2.00 e. The summed E-state index contributed by atoms with van der Waals surface area (Å²) < 4.78 is 11.7. The minimum atomic E-state index is -0.750. The van der Waals surface area contributed by atoms with E-state index in [0.29, 0.717) is 18.6 Å². The second kappa shape index (κ2) is 15.0. The van der Waals surface area contributed by atoms with Gasteiger partial charge >= 0.3 is 17.1 Å². The van der Waals surface area contributed by atoms with Gasteiger partial charge in [0.1, 0.15) is 0 Å². The summed E-state index contributed by atoms with van der Waals surface area (Å²) in [6.07, 6.45) is 24.0. The summed E-state index contributed by atoms with van der Waals surface area (Å²) >= 11 is 0. The molecule has 2 heterocycles. The van der Waals surface area contributed by atoms with E-state index in [1.165, 1.54) is 24.4 Å². The molecule has 4 aliphatic rings. The monoisotopic (exact) mass is 517 g/mol. The average Bonchev–Trinajstić information content (AvgIpc) is 3.66. The Balaban J connectivity index is 0.000000481. The molecule has 180 valence electrons. The zero-order valence-electron chi connectivity index (χ0n) is 20.2. The Morgan fingerprint density at radius 2 is 1.74 bits per heavy atom. The predicted octanol–water partition coefficient (Wildman–Crippen LogP) is 6.12. The van der Waals surface area contributed by atoms with E-state index in [0.717, 1.165) is 19.5 Å². The molecule has 2 saturated carbocycles. The topological polar surface area (TPSA) is 28.1 Å². The first kappa shape index (κ1) is 28.1. The van der Waals surface area contributed by atoms with Crippen molar-refractivity contribution in [1.82, 2.24) is 4.67 Å². The first-order valence-electron chi connectivity index (χ1n) is 12.2. The fourth-order valence-electron chi connectivity index (χ4n) is 4.33. The van der Waals surface area contributed by atoms with Crippen molar-refractivity contribution in [3.8, 4) is 0 Å². The summed E-state index contributed by atoms with van der Waals surface area (Å²) in [6, 6.07) is 11.6. The van der Waals surface area contributed by atoms with E-state index < -0.39 is 8.45 Å². The van der Waals surface area contributed by atoms with Crippen molar-refractivity contribution in [3.05, 3.63) is 94.0 Å². The van der Waals surface area contributed by atoms with Gasteiger partial charge in [-0.3, -0.25) is 4.99 Å². The van der Waals surface area contributed by atoms with Crippen LogP contribution in [0.2, 0.25) is 0 Å². The van der Waals surface area contributed by atoms with Gasteiger partial charge in [-0.05, 0) is 88.7 Å². The van der Waals surface area contributed by atoms with Crippen molar-refractivity contribution in [1.29, 1.82) is 0 Å². The third-order valence-electron chi connectivity index (χ3n) is 6.53. The molecule has 2 aliphatic heterocycles. The molecule has 1 aromatic carbocycles. The summed E-state index contributed by atoms with van der Waals surface area (Å²) in [4.78, 5) is 4.90. The van der Waals surface area contributed by atoms with Crippen LogP contribution in [0, 0.1) is 69.6 Å². The van der Waals surface area contributed by atoms with Crippen LogP contribution in [-0.4, -0.2) is 42.7 Å². The Kier molecular flexibility index (Phi) is 12.4. The SMILES string of the molecule is CC[C@H](C)[C@@H](CO[P@]1N(c2ccccc2)C[C@@H]2CCCN21)N=C[C]1[CH][CH][CH][CH]1.[CH]1[CH][CH][CH][CH]1.[Fe+2]. The zero-order chi connectivity index (χ0) is 22.9. The maximum absolute atomic E-state index is 6.64. The van der Waals surface area contributed by atoms with Gasteiger partial charge in [-0.2, -0.15) is 0 Å². The van der Waals surface area contributed by atoms with Crippen LogP contribution in [0.15, 0.2) is 35.3 Å². The van der Waals surface area contributed by atoms with Crippen LogP contribution >= 0.6 is 8.45 Å². The van der Waals surface area contributed by atoms with Crippen molar-refractivity contribution < 1.29 is 21.6 Å². The molecule has 4 atom stereocenters. The summed E-state index contributed by atoms with van der Waals surface area (Å²) in [6.45, 7) is 7.45. The van der Waals surface area contributed by atoms with E-state index in [-0.39, 0.29) is 23.1 Å². The van der Waals surface area contributed by atoms with Gasteiger partial charge in [0.25, 0.3) is 0 Å². The van der Waals surface area contributed by atoms with Crippen LogP contribution in [-0.2, 0) is 21.6 Å². The summed E-state index contributed by atoms with van der Waals surface area (Å²) in [5, 5.41) is 0. The Morgan fingerprint density at radius 1 is 1.06 bits per heavy atom. The zero-order valence-corrected chi connectivity index (χ0v) is 22.2. The van der Waals surface area contributed by atoms with E-state index in [9.17, 15) is 0 Å². The van der Waals surface area contributed by atoms with Gasteiger partial charge in [-0.15, -0.1) is 0 Å². The van der Waals surface area contributed by atoms with Crippen molar-refractivity contribution in [2.24, 2.45) is 10.9 Å². The Hall–Kier alpha value is -0.441. The van der Waals surface area contributed by atoms with Gasteiger partial charge in [-0.25, -0.2) is 4.67 Å². The van der Waals surface area contributed by atoms with Crippen LogP contribution in [0.5, 0.6) is 0 Å². The molecule has 0 aromatic heterocycles. The van der Waals surface area contributed by atoms with E-state index in [2.05, 4.69) is 79.2 Å². The van der Waals surface area contributed by atoms with Gasteiger partial charge in [0.05, 0.1) is 12.6 Å². The molecule has 4 nitrogen and oxygen atoms in total. The fourth-order valence-corrected chi connectivity index (χ4v) is 6.63. The van der Waals surface area contributed by atoms with Gasteiger partial charge in [0.2, 0.25) is 8.45 Å². The van der Waals surface area contributed by atoms with Crippen LogP contribution in [0.3, 0.4) is 0 Å². The number of aliphatic imine (C=N–C) groups is 1. The van der Waals surface area contributed by atoms with E-state index in [4.69, 9.17) is 9.52 Å². The number of benzene rings is 1. The number of hydrogen-bond donors (Lipinski definition) is 0. The third-order valence-corrected chi connectivity index (χ3v) is 8.68. The Bertz CT molecular complexity index is 703. The Labute approximate surface area is 220 Å². The van der Waals surface area contributed by atoms with Crippen LogP contribution in [0.25, 0.3) is 0 Å². The van der Waals surface area contributed by atoms with Crippen LogP contribution in [0.4, 0.5) is 5.69 Å². The fraction of sp³-hybridized carbons (Fsp3) is 0.393. The van der Waals surface area contributed by atoms with Gasteiger partial charge in [0.15, 0.2) is 0 Å². The van der Waals surface area contributed by atoms with Crippen molar-refractivity contribution in [3.63, 3.8) is 0 Å². The molecule has 0 amide bonds. The molecule has 0 bridgehead atoms. The molecule has 0 unspecified atom stereocenters. The second-order valence-electron chi connectivity index (χ2n) is 8.84. The predicted molar refractivity (Wildman–Crippen MR) is 140 cm³/mol. The molecular formula is C28H36FeN3OP+2. The molecule has 10 radical (unpaired) electrons. The molecule has 6 heteroatoms. The van der Waals surface area contributed by atoms with E-state index in [1.54, 1.807) is 0 Å². The van der Waals surface area contributed by atoms with Crippen molar-refractivity contribution in [2.45, 2.75) is 45.2 Å². The number of hydrogen-bond acceptors (Lipinski definition) is 4. The average molecular weight is 517 g/mol. The van der Waals surface area contributed by atoms with E-state index >= 15 is 0 Å². The number of fused-ring (bicyclic) bond motifs is 1. The summed E-state index contributed by atoms with van der Waals surface area (Å²) in [5.41, 5.74) is 1.28. The quantitative estimate of drug-likeness (QED) is 0.236. The molecule has 5 rings (SSSR count). The molecule has 2 aliphatic carbocycles. The standard InChI is InChI=1S/C23H31N3OP.C5H5.Fe/c1-3-19(2)23(24-16-20-10-7-8-11-20)18-27-28-25-15-9-14-22(25)17-26(28)21-12-5-4-6-13-21;1-2-4-5-3-1;/h4-8,10-13,16,19,22-23H,3,9,14-15,17-18H2,1-2H3;1-5H;/q;;+2/t19-,22-,23+,28-;;/m0../s1. The minimum Gasteiger partial charge on any atom is -0.325 e. The second-order valence-corrected chi connectivity index (χ2v) is 10.6. The molecule has 0 spiro atoms. The number of nitrogens with zero attached hydrogens (tertiary/aromatic N) is 3. The third kappa shape index (κ3) is 7.78. The van der Waals surface area contributed by atoms with Gasteiger partial charge in [0, 0.05) is 37.0 Å². The summed E-state index contributed by atoms with van der Waals surface area (Å²) in [5.74, 6) is 1.67. The molecule has 34 heavy (non-hydrogen) atoms. The van der Waals surface area contributed by atoms with Gasteiger partial charge < -0.3 is 9.19 Å². The molecule has 1 aromatic rings. The normalized spacial score (nSPS) is 26.8. The van der Waals surface area contributed by atoms with Gasteiger partial charge in [-0.1, -0.05) is 38.5 Å². The maximum Gasteiger partial charge on any atom is 2.00 e. The Morgan fingerprint density at radius 3 is 2.38 bits per heavy atom. The van der Waals surface area contributed by atoms with E-state index in [1.807, 2.05) is 38.3 Å². The number of anilines is 1. The number of para-hydroxylation sites is 1.